The van der Waals surface area contributed by atoms with Gasteiger partial charge in [-0.15, -0.1) is 21.7 Å². The van der Waals surface area contributed by atoms with Gasteiger partial charge in [0.25, 0.3) is 5.82 Å². The molecular weight excluding hydrogens is 425 g/mol. The molecule has 0 saturated carbocycles. The number of fused-ring (bicyclic) bond motifs is 1. The number of rotatable bonds is 5. The first-order chi connectivity index (χ1) is 15.3. The van der Waals surface area contributed by atoms with E-state index in [0.29, 0.717) is 47.7 Å². The Morgan fingerprint density at radius 3 is 2.53 bits per heavy atom. The summed E-state index contributed by atoms with van der Waals surface area (Å²) >= 11 is 0. The fraction of sp³-hybridized carbons (Fsp3) is 0.333. The Balaban J connectivity index is 1.36. The fourth-order valence-corrected chi connectivity index (χ4v) is 3.50. The van der Waals surface area contributed by atoms with Crippen molar-refractivity contribution in [3.05, 3.63) is 42.2 Å². The first-order valence-corrected chi connectivity index (χ1v) is 9.87. The third-order valence-electron chi connectivity index (χ3n) is 5.14. The molecule has 0 atom stereocenters. The predicted molar refractivity (Wildman–Crippen MR) is 110 cm³/mol. The number of terminal acetylenes is 1. The van der Waals surface area contributed by atoms with Crippen LogP contribution in [0.25, 0.3) is 5.65 Å². The lowest BCUT2D eigenvalue weighted by Gasteiger charge is -2.32. The van der Waals surface area contributed by atoms with E-state index in [1.54, 1.807) is 30.3 Å². The van der Waals surface area contributed by atoms with Crippen molar-refractivity contribution in [1.82, 2.24) is 19.8 Å². The van der Waals surface area contributed by atoms with Gasteiger partial charge >= 0.3 is 6.18 Å². The van der Waals surface area contributed by atoms with Crippen molar-refractivity contribution in [2.24, 2.45) is 5.92 Å². The van der Waals surface area contributed by atoms with Crippen LogP contribution in [0.15, 0.2) is 36.4 Å². The maximum absolute atomic E-state index is 13.1. The molecule has 1 N–H and O–H groups in total. The smallest absolute Gasteiger partial charge is 0.453 e. The summed E-state index contributed by atoms with van der Waals surface area (Å²) in [7, 11) is 0. The zero-order chi connectivity index (χ0) is 22.7. The predicted octanol–water partition coefficient (Wildman–Crippen LogP) is 3.01. The van der Waals surface area contributed by atoms with Crippen molar-refractivity contribution in [2.45, 2.75) is 19.0 Å². The largest absolute Gasteiger partial charge is 0.481 e. The van der Waals surface area contributed by atoms with Crippen LogP contribution >= 0.6 is 0 Å². The van der Waals surface area contributed by atoms with E-state index < -0.39 is 12.0 Å². The number of amides is 1. The van der Waals surface area contributed by atoms with Crippen molar-refractivity contribution < 1.29 is 22.7 Å². The van der Waals surface area contributed by atoms with E-state index in [9.17, 15) is 18.0 Å². The van der Waals surface area contributed by atoms with Crippen LogP contribution in [0.3, 0.4) is 0 Å². The third-order valence-corrected chi connectivity index (χ3v) is 5.14. The number of benzene rings is 1. The number of aromatic nitrogens is 4. The Morgan fingerprint density at radius 2 is 1.88 bits per heavy atom. The minimum Gasteiger partial charge on any atom is -0.481 e. The van der Waals surface area contributed by atoms with Crippen LogP contribution < -0.4 is 15.0 Å². The van der Waals surface area contributed by atoms with Gasteiger partial charge in [0.15, 0.2) is 5.65 Å². The van der Waals surface area contributed by atoms with Gasteiger partial charge in [0.1, 0.15) is 18.2 Å². The molecule has 0 radical (unpaired) electrons. The number of carbonyl (C=O) groups is 1. The van der Waals surface area contributed by atoms with E-state index in [1.165, 1.54) is 6.07 Å². The summed E-state index contributed by atoms with van der Waals surface area (Å²) in [6.45, 7) is 1.14. The Labute approximate surface area is 181 Å². The molecular formula is C21H19F3N6O2. The second-order valence-electron chi connectivity index (χ2n) is 7.25. The zero-order valence-corrected chi connectivity index (χ0v) is 16.8. The number of halogens is 3. The van der Waals surface area contributed by atoms with Crippen LogP contribution in [0.1, 0.15) is 18.7 Å². The average molecular weight is 444 g/mol. The van der Waals surface area contributed by atoms with Gasteiger partial charge in [-0.2, -0.15) is 17.7 Å². The topological polar surface area (TPSA) is 84.6 Å². The van der Waals surface area contributed by atoms with Gasteiger partial charge in [-0.05, 0) is 49.2 Å². The number of nitrogens with one attached hydrogen (secondary N) is 1. The third kappa shape index (κ3) is 4.59. The molecule has 1 amide bonds. The molecule has 1 aliphatic heterocycles. The van der Waals surface area contributed by atoms with E-state index >= 15 is 0 Å². The Morgan fingerprint density at radius 1 is 1.16 bits per heavy atom. The number of nitrogens with zero attached hydrogens (tertiary/aromatic N) is 5. The molecule has 8 nitrogen and oxygen atoms in total. The van der Waals surface area contributed by atoms with Crippen molar-refractivity contribution in [3.8, 4) is 18.1 Å². The molecule has 0 aliphatic carbocycles. The molecule has 32 heavy (non-hydrogen) atoms. The quantitative estimate of drug-likeness (QED) is 0.609. The molecule has 0 spiro atoms. The highest BCUT2D eigenvalue weighted by molar-refractivity contribution is 5.92. The minimum atomic E-state index is -4.65. The van der Waals surface area contributed by atoms with Gasteiger partial charge in [-0.1, -0.05) is 5.92 Å². The van der Waals surface area contributed by atoms with Crippen molar-refractivity contribution in [1.29, 1.82) is 0 Å². The fourth-order valence-electron chi connectivity index (χ4n) is 3.50. The Kier molecular flexibility index (Phi) is 5.85. The van der Waals surface area contributed by atoms with Crippen molar-refractivity contribution in [2.75, 3.05) is 29.9 Å². The van der Waals surface area contributed by atoms with Crippen LogP contribution in [-0.4, -0.2) is 45.4 Å². The summed E-state index contributed by atoms with van der Waals surface area (Å²) in [5.74, 6) is 1.88. The van der Waals surface area contributed by atoms with Crippen LogP contribution in [-0.2, 0) is 11.0 Å². The van der Waals surface area contributed by atoms with Gasteiger partial charge in [0.05, 0.1) is 0 Å². The Bertz CT molecular complexity index is 1150. The lowest BCUT2D eigenvalue weighted by atomic mass is 9.96. The summed E-state index contributed by atoms with van der Waals surface area (Å²) < 4.78 is 45.3. The summed E-state index contributed by atoms with van der Waals surface area (Å²) in [6.07, 6.45) is 1.59. The molecule has 3 heterocycles. The van der Waals surface area contributed by atoms with E-state index in [4.69, 9.17) is 11.2 Å². The molecule has 1 aliphatic rings. The number of carbonyl (C=O) groups excluding carboxylic acids is 1. The standard InChI is InChI=1S/C21H19F3N6O2/c1-2-13-32-16-5-3-15(4-6-16)25-19(31)14-9-11-29(12-10-14)18-8-7-17-26-27-20(21(22,23)24)30(17)28-18/h1,3-8,14H,9-13H2,(H,25,31). The summed E-state index contributed by atoms with van der Waals surface area (Å²) in [6, 6.07) is 9.95. The van der Waals surface area contributed by atoms with Crippen molar-refractivity contribution >= 4 is 23.1 Å². The molecule has 1 fully saturated rings. The number of piperidine rings is 1. The first-order valence-electron chi connectivity index (χ1n) is 9.87. The van der Waals surface area contributed by atoms with Gasteiger partial charge in [-0.25, -0.2) is 0 Å². The highest BCUT2D eigenvalue weighted by atomic mass is 19.4. The van der Waals surface area contributed by atoms with Crippen LogP contribution in [0.5, 0.6) is 5.75 Å². The van der Waals surface area contributed by atoms with E-state index in [-0.39, 0.29) is 24.1 Å². The van der Waals surface area contributed by atoms with Gasteiger partial charge in [-0.3, -0.25) is 4.79 Å². The molecule has 1 saturated heterocycles. The van der Waals surface area contributed by atoms with Gasteiger partial charge in [0.2, 0.25) is 5.91 Å². The maximum Gasteiger partial charge on any atom is 0.453 e. The van der Waals surface area contributed by atoms with Gasteiger partial charge < -0.3 is 15.0 Å². The number of ether oxygens (including phenoxy) is 1. The normalized spacial score (nSPS) is 14.9. The maximum atomic E-state index is 13.1. The molecule has 1 aromatic carbocycles. The highest BCUT2D eigenvalue weighted by Crippen LogP contribution is 2.29. The monoisotopic (exact) mass is 444 g/mol. The van der Waals surface area contributed by atoms with Crippen LogP contribution in [0.4, 0.5) is 24.7 Å². The lowest BCUT2D eigenvalue weighted by molar-refractivity contribution is -0.146. The summed E-state index contributed by atoms with van der Waals surface area (Å²) in [5.41, 5.74) is 0.663. The molecule has 4 rings (SSSR count). The van der Waals surface area contributed by atoms with Gasteiger partial charge in [0, 0.05) is 24.7 Å². The van der Waals surface area contributed by atoms with E-state index in [0.717, 1.165) is 0 Å². The van der Waals surface area contributed by atoms with E-state index in [2.05, 4.69) is 26.5 Å². The number of hydrogen-bond acceptors (Lipinski definition) is 6. The lowest BCUT2D eigenvalue weighted by Crippen LogP contribution is -2.38. The number of alkyl halides is 3. The minimum absolute atomic E-state index is 0.0195. The van der Waals surface area contributed by atoms with Crippen LogP contribution in [0.2, 0.25) is 0 Å². The zero-order valence-electron chi connectivity index (χ0n) is 16.8. The average Bonchev–Trinajstić information content (AvgIpc) is 3.22. The number of hydrogen-bond donors (Lipinski definition) is 1. The second kappa shape index (κ2) is 8.74. The molecule has 0 bridgehead atoms. The molecule has 166 valence electrons. The number of anilines is 2. The second-order valence-corrected chi connectivity index (χ2v) is 7.25. The van der Waals surface area contributed by atoms with Crippen molar-refractivity contribution in [3.63, 3.8) is 0 Å². The Hall–Kier alpha value is -3.81. The summed E-state index contributed by atoms with van der Waals surface area (Å²) in [5, 5.41) is 13.6. The molecule has 0 unspecified atom stereocenters. The molecule has 3 aromatic rings. The highest BCUT2D eigenvalue weighted by Gasteiger charge is 2.38. The summed E-state index contributed by atoms with van der Waals surface area (Å²) in [4.78, 5) is 14.5. The SMILES string of the molecule is C#CCOc1ccc(NC(=O)C2CCN(c3ccc4nnc(C(F)(F)F)n4n3)CC2)cc1. The van der Waals surface area contributed by atoms with E-state index in [1.807, 2.05) is 4.90 Å². The first kappa shape index (κ1) is 21.4. The van der Waals surface area contributed by atoms with Crippen LogP contribution in [0, 0.1) is 18.3 Å². The molecule has 2 aromatic heterocycles. The molecule has 11 heteroatoms.